The van der Waals surface area contributed by atoms with E-state index in [0.29, 0.717) is 62.7 Å². The summed E-state index contributed by atoms with van der Waals surface area (Å²) in [7, 11) is -6.02. The molecule has 11 rings (SSSR count). The molecule has 10 aliphatic carbocycles. The number of ether oxygens (including phenoxy) is 5. The van der Waals surface area contributed by atoms with E-state index in [1.54, 1.807) is 0 Å². The highest BCUT2D eigenvalue weighted by Gasteiger charge is 2.63. The Kier molecular flexibility index (Phi) is 9.37. The van der Waals surface area contributed by atoms with Crippen LogP contribution < -0.4 is 0 Å². The van der Waals surface area contributed by atoms with Gasteiger partial charge in [0.2, 0.25) is 0 Å². The van der Waals surface area contributed by atoms with Crippen molar-refractivity contribution in [3.8, 4) is 0 Å². The summed E-state index contributed by atoms with van der Waals surface area (Å²) in [6, 6.07) is 0. The number of Topliss-reactive ketones (excluding diaryl/α,β-unsaturated/α-hetero) is 2. The van der Waals surface area contributed by atoms with Crippen molar-refractivity contribution in [2.45, 2.75) is 114 Å². The molecule has 310 valence electrons. The predicted molar refractivity (Wildman–Crippen MR) is 187 cm³/mol. The molecule has 16 heteroatoms. The fourth-order valence-electron chi connectivity index (χ4n) is 13.6. The van der Waals surface area contributed by atoms with E-state index in [2.05, 4.69) is 4.74 Å². The third-order valence-electron chi connectivity index (χ3n) is 15.9. The molecular formula is C40H52F2O13S. The summed E-state index contributed by atoms with van der Waals surface area (Å²) in [6.07, 6.45) is 10.6. The molecule has 1 aliphatic heterocycles. The Morgan fingerprint density at radius 3 is 1.70 bits per heavy atom. The van der Waals surface area contributed by atoms with E-state index >= 15 is 0 Å². The lowest BCUT2D eigenvalue weighted by molar-refractivity contribution is -0.372. The second-order valence-corrected chi connectivity index (χ2v) is 21.0. The summed E-state index contributed by atoms with van der Waals surface area (Å²) in [5.41, 5.74) is -2.57. The van der Waals surface area contributed by atoms with E-state index in [9.17, 15) is 41.2 Å². The summed E-state index contributed by atoms with van der Waals surface area (Å²) in [4.78, 5) is 65.9. The van der Waals surface area contributed by atoms with Crippen LogP contribution >= 0.6 is 0 Å². The number of rotatable bonds is 11. The normalized spacial score (nSPS) is 44.9. The highest BCUT2D eigenvalue weighted by molar-refractivity contribution is 7.87. The van der Waals surface area contributed by atoms with Crippen LogP contribution in [0.5, 0.6) is 0 Å². The molecule has 7 atom stereocenters. The minimum absolute atomic E-state index is 0.0206. The fraction of sp³-hybridized carbons (Fsp3) is 0.875. The maximum Gasteiger partial charge on any atom is 0.465 e. The van der Waals surface area contributed by atoms with Crippen LogP contribution in [0.15, 0.2) is 0 Å². The van der Waals surface area contributed by atoms with E-state index in [1.807, 2.05) is 0 Å². The Labute approximate surface area is 324 Å². The zero-order chi connectivity index (χ0) is 39.5. The van der Waals surface area contributed by atoms with E-state index in [0.717, 1.165) is 51.4 Å². The lowest BCUT2D eigenvalue weighted by Crippen LogP contribution is -2.63. The Bertz CT molecular complexity index is 1680. The van der Waals surface area contributed by atoms with Crippen molar-refractivity contribution in [3.63, 3.8) is 0 Å². The molecule has 56 heavy (non-hydrogen) atoms. The van der Waals surface area contributed by atoms with Crippen molar-refractivity contribution >= 4 is 39.6 Å². The molecule has 1 heterocycles. The van der Waals surface area contributed by atoms with E-state index < -0.39 is 55.9 Å². The van der Waals surface area contributed by atoms with Crippen molar-refractivity contribution in [2.75, 3.05) is 33.0 Å². The first-order chi connectivity index (χ1) is 26.5. The summed E-state index contributed by atoms with van der Waals surface area (Å²) >= 11 is 0. The van der Waals surface area contributed by atoms with Gasteiger partial charge in [-0.3, -0.25) is 23.7 Å². The first kappa shape index (κ1) is 38.9. The van der Waals surface area contributed by atoms with Gasteiger partial charge < -0.3 is 23.7 Å². The number of carbonyl (C=O) groups is 5. The largest absolute Gasteiger partial charge is 0.465 e. The summed E-state index contributed by atoms with van der Waals surface area (Å²) < 4.78 is 89.6. The topological polar surface area (TPSA) is 186 Å². The molecule has 10 bridgehead atoms. The lowest BCUT2D eigenvalue weighted by atomic mass is 9.49. The molecule has 1 N–H and O–H groups in total. The molecular weight excluding hydrogens is 758 g/mol. The Morgan fingerprint density at radius 2 is 1.21 bits per heavy atom. The highest BCUT2D eigenvalue weighted by atomic mass is 32.2. The zero-order valence-corrected chi connectivity index (χ0v) is 32.4. The molecule has 1 saturated heterocycles. The SMILES string of the molecule is O=C1C2CC3CC1CC(C(=O)OCC1(COC(=O)C45CC6CC(C4)C(=O)C(C6)C5)COC4(OC1)C1CCCC(C1)CC4CCOC(=O)C(F)(F)S(=O)(=O)O)(C3)C2. The van der Waals surface area contributed by atoms with Gasteiger partial charge in [-0.25, -0.2) is 4.79 Å². The van der Waals surface area contributed by atoms with Gasteiger partial charge >= 0.3 is 33.3 Å². The molecule has 11 aliphatic rings. The van der Waals surface area contributed by atoms with Crippen molar-refractivity contribution in [1.82, 2.24) is 0 Å². The third-order valence-corrected chi connectivity index (χ3v) is 16.7. The first-order valence-corrected chi connectivity index (χ1v) is 22.1. The molecule has 0 aromatic rings. The quantitative estimate of drug-likeness (QED) is 0.170. The molecule has 0 amide bonds. The van der Waals surface area contributed by atoms with Gasteiger partial charge in [0.25, 0.3) is 0 Å². The third kappa shape index (κ3) is 6.27. The number of carbonyl (C=O) groups excluding carboxylic acids is 5. The predicted octanol–water partition coefficient (Wildman–Crippen LogP) is 4.83. The number of ketones is 2. The van der Waals surface area contributed by atoms with Gasteiger partial charge in [0, 0.05) is 35.5 Å². The molecule has 0 aromatic heterocycles. The average Bonchev–Trinajstić information content (AvgIpc) is 3.15. The van der Waals surface area contributed by atoms with Crippen LogP contribution in [0, 0.1) is 69.5 Å². The number of alkyl halides is 2. The monoisotopic (exact) mass is 810 g/mol. The molecule has 13 nitrogen and oxygen atoms in total. The Balaban J connectivity index is 0.929. The maximum absolute atomic E-state index is 14.1. The molecule has 0 radical (unpaired) electrons. The van der Waals surface area contributed by atoms with E-state index in [-0.39, 0.29) is 85.9 Å². The number of halogens is 2. The van der Waals surface area contributed by atoms with Crippen LogP contribution in [0.1, 0.15) is 103 Å². The number of hydrogen-bond acceptors (Lipinski definition) is 12. The van der Waals surface area contributed by atoms with Crippen LogP contribution in [0.25, 0.3) is 0 Å². The van der Waals surface area contributed by atoms with Gasteiger partial charge in [0.15, 0.2) is 5.79 Å². The maximum atomic E-state index is 14.1. The van der Waals surface area contributed by atoms with Crippen molar-refractivity contribution < 1.29 is 69.4 Å². The van der Waals surface area contributed by atoms with Crippen molar-refractivity contribution in [1.29, 1.82) is 0 Å². The van der Waals surface area contributed by atoms with Crippen LogP contribution in [0.2, 0.25) is 0 Å². The van der Waals surface area contributed by atoms with Gasteiger partial charge in [-0.05, 0) is 108 Å². The fourth-order valence-corrected chi connectivity index (χ4v) is 13.9. The van der Waals surface area contributed by atoms with Crippen molar-refractivity contribution in [3.05, 3.63) is 0 Å². The first-order valence-electron chi connectivity index (χ1n) is 20.7. The molecule has 7 unspecified atom stereocenters. The van der Waals surface area contributed by atoms with E-state index in [4.69, 9.17) is 23.5 Å². The minimum atomic E-state index is -6.02. The molecule has 10 saturated carbocycles. The smallest absolute Gasteiger partial charge is 0.464 e. The standard InChI is InChI=1S/C40H52F2O13S/c41-40(42,56(48,49)50)35(47)51-5-4-30-11-22-2-1-3-29(10-22)39(30)54-20-36(21-55-39,18-52-33(45)37-12-23-6-25(14-37)31(43)26(7-23)15-37)19-53-34(46)38-13-24-8-27(16-38)32(44)28(9-24)17-38/h22-30H,1-21H2,(H,48,49,50). The van der Waals surface area contributed by atoms with E-state index in [1.165, 1.54) is 0 Å². The average molecular weight is 811 g/mol. The number of fused-ring (bicyclic) bond motifs is 3. The van der Waals surface area contributed by atoms with Gasteiger partial charge in [-0.2, -0.15) is 17.2 Å². The Hall–Kier alpha value is -2.56. The minimum Gasteiger partial charge on any atom is -0.464 e. The number of hydrogen-bond donors (Lipinski definition) is 1. The molecule has 0 aromatic carbocycles. The van der Waals surface area contributed by atoms with Gasteiger partial charge in [-0.15, -0.1) is 0 Å². The van der Waals surface area contributed by atoms with Gasteiger partial charge in [-0.1, -0.05) is 12.8 Å². The second-order valence-electron chi connectivity index (χ2n) is 19.6. The second kappa shape index (κ2) is 13.5. The van der Waals surface area contributed by atoms with Gasteiger partial charge in [0.1, 0.15) is 24.8 Å². The number of esters is 3. The van der Waals surface area contributed by atoms with Gasteiger partial charge in [0.05, 0.1) is 36.1 Å². The van der Waals surface area contributed by atoms with Crippen molar-refractivity contribution in [2.24, 2.45) is 69.5 Å². The van der Waals surface area contributed by atoms with Crippen LogP contribution in [-0.4, -0.2) is 86.5 Å². The highest BCUT2D eigenvalue weighted by Crippen LogP contribution is 2.61. The summed E-state index contributed by atoms with van der Waals surface area (Å²) in [6.45, 7) is -0.936. The zero-order valence-electron chi connectivity index (χ0n) is 31.6. The summed E-state index contributed by atoms with van der Waals surface area (Å²) in [5.74, 6) is -3.91. The molecule has 11 fully saturated rings. The van der Waals surface area contributed by atoms with Crippen LogP contribution in [0.4, 0.5) is 8.78 Å². The Morgan fingerprint density at radius 1 is 0.714 bits per heavy atom. The summed E-state index contributed by atoms with van der Waals surface area (Å²) in [5, 5.41) is -5.11. The molecule has 1 spiro atoms. The lowest BCUT2D eigenvalue weighted by Gasteiger charge is -2.57. The van der Waals surface area contributed by atoms with Crippen LogP contribution in [-0.2, 0) is 57.8 Å². The van der Waals surface area contributed by atoms with Crippen LogP contribution in [0.3, 0.4) is 0 Å².